The molecular formula is C15H22N2O3. The molecule has 1 atom stereocenters. The van der Waals surface area contributed by atoms with Crippen molar-refractivity contribution in [3.8, 4) is 0 Å². The number of rotatable bonds is 6. The minimum Gasteiger partial charge on any atom is -0.467 e. The van der Waals surface area contributed by atoms with Crippen molar-refractivity contribution in [1.29, 1.82) is 0 Å². The predicted molar refractivity (Wildman–Crippen MR) is 77.3 cm³/mol. The minimum absolute atomic E-state index is 0.0256. The molecule has 2 N–H and O–H groups in total. The number of carbonyl (C=O) groups excluding carboxylic acids is 2. The van der Waals surface area contributed by atoms with E-state index in [1.54, 1.807) is 0 Å². The van der Waals surface area contributed by atoms with Gasteiger partial charge in [0.15, 0.2) is 0 Å². The number of hydrogen-bond donors (Lipinski definition) is 2. The summed E-state index contributed by atoms with van der Waals surface area (Å²) in [5, 5.41) is 5.37. The highest BCUT2D eigenvalue weighted by atomic mass is 16.5. The van der Waals surface area contributed by atoms with E-state index >= 15 is 0 Å². The second kappa shape index (κ2) is 8.19. The van der Waals surface area contributed by atoms with Crippen molar-refractivity contribution in [2.24, 2.45) is 5.92 Å². The Hall–Kier alpha value is -2.04. The van der Waals surface area contributed by atoms with Crippen molar-refractivity contribution in [3.05, 3.63) is 35.9 Å². The first kappa shape index (κ1) is 16.0. The average Bonchev–Trinajstić information content (AvgIpc) is 2.45. The van der Waals surface area contributed by atoms with Gasteiger partial charge in [0, 0.05) is 6.54 Å². The van der Waals surface area contributed by atoms with Crippen LogP contribution in [0.1, 0.15) is 19.4 Å². The molecule has 0 aliphatic heterocycles. The third-order valence-electron chi connectivity index (χ3n) is 2.95. The van der Waals surface area contributed by atoms with Gasteiger partial charge in [0.05, 0.1) is 7.11 Å². The highest BCUT2D eigenvalue weighted by Crippen LogP contribution is 2.03. The molecule has 110 valence electrons. The Balaban J connectivity index is 2.37. The Morgan fingerprint density at radius 3 is 2.40 bits per heavy atom. The maximum atomic E-state index is 11.7. The normalized spacial score (nSPS) is 11.8. The van der Waals surface area contributed by atoms with Gasteiger partial charge in [-0.15, -0.1) is 0 Å². The molecule has 0 aromatic heterocycles. The van der Waals surface area contributed by atoms with Crippen molar-refractivity contribution in [3.63, 3.8) is 0 Å². The molecule has 0 fully saturated rings. The van der Waals surface area contributed by atoms with Crippen molar-refractivity contribution >= 4 is 12.0 Å². The van der Waals surface area contributed by atoms with Gasteiger partial charge >= 0.3 is 12.0 Å². The number of nitrogens with one attached hydrogen (secondary N) is 2. The van der Waals surface area contributed by atoms with Crippen LogP contribution in [0.5, 0.6) is 0 Å². The third-order valence-corrected chi connectivity index (χ3v) is 2.95. The molecule has 20 heavy (non-hydrogen) atoms. The van der Waals surface area contributed by atoms with Gasteiger partial charge < -0.3 is 15.4 Å². The lowest BCUT2D eigenvalue weighted by molar-refractivity contribution is -0.143. The molecule has 0 spiro atoms. The van der Waals surface area contributed by atoms with Crippen LogP contribution in [0.2, 0.25) is 0 Å². The molecule has 1 aromatic rings. The van der Waals surface area contributed by atoms with E-state index in [0.29, 0.717) is 6.54 Å². The number of amides is 2. The zero-order valence-electron chi connectivity index (χ0n) is 12.2. The lowest BCUT2D eigenvalue weighted by Crippen LogP contribution is -2.49. The van der Waals surface area contributed by atoms with Crippen molar-refractivity contribution in [2.75, 3.05) is 13.7 Å². The molecule has 0 heterocycles. The van der Waals surface area contributed by atoms with Crippen LogP contribution in [0.15, 0.2) is 30.3 Å². The maximum Gasteiger partial charge on any atom is 0.328 e. The van der Waals surface area contributed by atoms with Gasteiger partial charge in [0.2, 0.25) is 0 Å². The quantitative estimate of drug-likeness (QED) is 0.779. The number of urea groups is 1. The van der Waals surface area contributed by atoms with E-state index < -0.39 is 12.0 Å². The third kappa shape index (κ3) is 5.30. The van der Waals surface area contributed by atoms with Gasteiger partial charge in [-0.3, -0.25) is 0 Å². The molecule has 0 aliphatic rings. The minimum atomic E-state index is -0.628. The standard InChI is InChI=1S/C15H22N2O3/c1-11(2)13(14(18)20-3)17-15(19)16-10-9-12-7-5-4-6-8-12/h4-8,11,13H,9-10H2,1-3H3,(H2,16,17,19)/t13-/m0/s1. The number of methoxy groups -OCH3 is 1. The molecule has 0 unspecified atom stereocenters. The van der Waals surface area contributed by atoms with Gasteiger partial charge in [-0.2, -0.15) is 0 Å². The summed E-state index contributed by atoms with van der Waals surface area (Å²) in [4.78, 5) is 23.3. The summed E-state index contributed by atoms with van der Waals surface area (Å²) in [6, 6.07) is 8.90. The monoisotopic (exact) mass is 278 g/mol. The summed E-state index contributed by atoms with van der Waals surface area (Å²) < 4.78 is 4.67. The summed E-state index contributed by atoms with van der Waals surface area (Å²) >= 11 is 0. The van der Waals surface area contributed by atoms with Gasteiger partial charge in [0.25, 0.3) is 0 Å². The lowest BCUT2D eigenvalue weighted by atomic mass is 10.1. The molecule has 0 bridgehead atoms. The molecule has 5 heteroatoms. The summed E-state index contributed by atoms with van der Waals surface area (Å²) in [6.45, 7) is 4.22. The molecule has 1 rings (SSSR count). The van der Waals surface area contributed by atoms with Crippen LogP contribution in [0.3, 0.4) is 0 Å². The molecule has 0 saturated heterocycles. The van der Waals surface area contributed by atoms with Crippen molar-refractivity contribution in [1.82, 2.24) is 10.6 Å². The summed E-state index contributed by atoms with van der Waals surface area (Å²) in [5.74, 6) is -0.458. The zero-order valence-corrected chi connectivity index (χ0v) is 12.2. The fourth-order valence-corrected chi connectivity index (χ4v) is 1.78. The van der Waals surface area contributed by atoms with E-state index in [1.165, 1.54) is 7.11 Å². The second-order valence-corrected chi connectivity index (χ2v) is 4.88. The molecular weight excluding hydrogens is 256 g/mol. The molecule has 0 saturated carbocycles. The second-order valence-electron chi connectivity index (χ2n) is 4.88. The Kier molecular flexibility index (Phi) is 6.56. The lowest BCUT2D eigenvalue weighted by Gasteiger charge is -2.20. The van der Waals surface area contributed by atoms with E-state index in [2.05, 4.69) is 15.4 Å². The highest BCUT2D eigenvalue weighted by molar-refractivity contribution is 5.83. The summed E-state index contributed by atoms with van der Waals surface area (Å²) in [6.07, 6.45) is 0.749. The highest BCUT2D eigenvalue weighted by Gasteiger charge is 2.24. The predicted octanol–water partition coefficient (Wildman–Crippen LogP) is 1.73. The van der Waals surface area contributed by atoms with Crippen LogP contribution in [0.25, 0.3) is 0 Å². The summed E-state index contributed by atoms with van der Waals surface area (Å²) in [5.41, 5.74) is 1.15. The van der Waals surface area contributed by atoms with Crippen LogP contribution >= 0.6 is 0 Å². The fraction of sp³-hybridized carbons (Fsp3) is 0.467. The topological polar surface area (TPSA) is 67.4 Å². The number of ether oxygens (including phenoxy) is 1. The fourth-order valence-electron chi connectivity index (χ4n) is 1.78. The Morgan fingerprint density at radius 2 is 1.85 bits per heavy atom. The van der Waals surface area contributed by atoms with Gasteiger partial charge in [-0.1, -0.05) is 44.2 Å². The van der Waals surface area contributed by atoms with E-state index in [1.807, 2.05) is 44.2 Å². The molecule has 5 nitrogen and oxygen atoms in total. The first-order valence-corrected chi connectivity index (χ1v) is 6.70. The van der Waals surface area contributed by atoms with Crippen LogP contribution in [0, 0.1) is 5.92 Å². The first-order valence-electron chi connectivity index (χ1n) is 6.70. The van der Waals surface area contributed by atoms with Gasteiger partial charge in [-0.25, -0.2) is 9.59 Å². The molecule has 2 amide bonds. The van der Waals surface area contributed by atoms with E-state index in [0.717, 1.165) is 12.0 Å². The number of benzene rings is 1. The Morgan fingerprint density at radius 1 is 1.20 bits per heavy atom. The smallest absolute Gasteiger partial charge is 0.328 e. The Bertz CT molecular complexity index is 432. The van der Waals surface area contributed by atoms with Crippen LogP contribution in [-0.4, -0.2) is 31.7 Å². The average molecular weight is 278 g/mol. The zero-order chi connectivity index (χ0) is 15.0. The maximum absolute atomic E-state index is 11.7. The molecule has 0 radical (unpaired) electrons. The number of carbonyl (C=O) groups is 2. The van der Waals surface area contributed by atoms with Crippen LogP contribution < -0.4 is 10.6 Å². The van der Waals surface area contributed by atoms with E-state index in [9.17, 15) is 9.59 Å². The van der Waals surface area contributed by atoms with E-state index in [-0.39, 0.29) is 11.9 Å². The van der Waals surface area contributed by atoms with Crippen molar-refractivity contribution in [2.45, 2.75) is 26.3 Å². The van der Waals surface area contributed by atoms with Crippen LogP contribution in [0.4, 0.5) is 4.79 Å². The summed E-state index contributed by atoms with van der Waals surface area (Å²) in [7, 11) is 1.31. The van der Waals surface area contributed by atoms with Crippen molar-refractivity contribution < 1.29 is 14.3 Å². The largest absolute Gasteiger partial charge is 0.467 e. The molecule has 0 aliphatic carbocycles. The van der Waals surface area contributed by atoms with Crippen LogP contribution in [-0.2, 0) is 16.0 Å². The van der Waals surface area contributed by atoms with Gasteiger partial charge in [-0.05, 0) is 17.9 Å². The number of hydrogen-bond acceptors (Lipinski definition) is 3. The first-order chi connectivity index (χ1) is 9.54. The number of esters is 1. The SMILES string of the molecule is COC(=O)[C@@H](NC(=O)NCCc1ccccc1)C(C)C. The van der Waals surface area contributed by atoms with E-state index in [4.69, 9.17) is 0 Å². The van der Waals surface area contributed by atoms with Gasteiger partial charge in [0.1, 0.15) is 6.04 Å². The molecule has 1 aromatic carbocycles. The Labute approximate surface area is 119 Å².